The molecule has 0 aliphatic carbocycles. The average molecular weight is 722 g/mol. The van der Waals surface area contributed by atoms with Crippen molar-refractivity contribution in [3.63, 3.8) is 0 Å². The lowest BCUT2D eigenvalue weighted by Gasteiger charge is -2.36. The van der Waals surface area contributed by atoms with E-state index in [1.165, 1.54) is 50.3 Å². The summed E-state index contributed by atoms with van der Waals surface area (Å²) < 4.78 is 0. The van der Waals surface area contributed by atoms with Crippen LogP contribution in [0.1, 0.15) is 28.3 Å². The second kappa shape index (κ2) is 13.3. The van der Waals surface area contributed by atoms with E-state index in [2.05, 4.69) is 226 Å². The number of anilines is 3. The Bertz CT molecular complexity index is 2690. The molecule has 3 unspecified atom stereocenters. The summed E-state index contributed by atoms with van der Waals surface area (Å²) in [6.07, 6.45) is 13.8. The van der Waals surface area contributed by atoms with Crippen LogP contribution in [0.3, 0.4) is 0 Å². The Kier molecular flexibility index (Phi) is 7.62. The lowest BCUT2D eigenvalue weighted by atomic mass is 9.92. The Balaban J connectivity index is 1.05. The quantitative estimate of drug-likeness (QED) is 0.165. The highest BCUT2D eigenvalue weighted by Gasteiger charge is 2.41. The predicted molar refractivity (Wildman–Crippen MR) is 230 cm³/mol. The van der Waals surface area contributed by atoms with Crippen LogP contribution in [0.25, 0.3) is 28.1 Å². The molecule has 0 fully saturated rings. The molecule has 0 saturated carbocycles. The third kappa shape index (κ3) is 5.31. The summed E-state index contributed by atoms with van der Waals surface area (Å²) in [4.78, 5) is 4.89. The van der Waals surface area contributed by atoms with Gasteiger partial charge in [0.1, 0.15) is 0 Å². The van der Waals surface area contributed by atoms with Crippen LogP contribution in [0.15, 0.2) is 217 Å². The SMILES string of the molecule is C1=CC(N2C3=CC4=C(NC3c3ccccc32)c2ccccc2-c2ccccc2N4c2ccccc2)=CC(C2C=C(c3ccccc3)C=C(c3ccccc3)N2)N1. The molecule has 6 aromatic rings. The van der Waals surface area contributed by atoms with E-state index < -0.39 is 0 Å². The van der Waals surface area contributed by atoms with E-state index >= 15 is 0 Å². The fourth-order valence-electron chi connectivity index (χ4n) is 8.93. The van der Waals surface area contributed by atoms with Gasteiger partial charge in [-0.2, -0.15) is 0 Å². The predicted octanol–water partition coefficient (Wildman–Crippen LogP) is 10.7. The van der Waals surface area contributed by atoms with E-state index in [4.69, 9.17) is 0 Å². The number of nitrogens with one attached hydrogen (secondary N) is 3. The van der Waals surface area contributed by atoms with Crippen LogP contribution in [0, 0.1) is 0 Å². The zero-order valence-corrected chi connectivity index (χ0v) is 30.7. The molecule has 0 amide bonds. The number of nitrogens with zero attached hydrogens (tertiary/aromatic N) is 2. The Hall–Kier alpha value is -7.24. The van der Waals surface area contributed by atoms with Crippen molar-refractivity contribution in [3.8, 4) is 11.1 Å². The number of benzene rings is 6. The maximum Gasteiger partial charge on any atom is 0.0945 e. The first-order valence-electron chi connectivity index (χ1n) is 19.4. The van der Waals surface area contributed by atoms with Gasteiger partial charge in [0.25, 0.3) is 0 Å². The van der Waals surface area contributed by atoms with Crippen molar-refractivity contribution in [1.82, 2.24) is 16.0 Å². The molecular formula is C51H39N5. The van der Waals surface area contributed by atoms with E-state index in [0.717, 1.165) is 34.2 Å². The summed E-state index contributed by atoms with van der Waals surface area (Å²) in [5.41, 5.74) is 17.6. The van der Waals surface area contributed by atoms with E-state index in [-0.39, 0.29) is 18.1 Å². The summed E-state index contributed by atoms with van der Waals surface area (Å²) in [6.45, 7) is 0. The highest BCUT2D eigenvalue weighted by Crippen LogP contribution is 2.52. The second-order valence-corrected chi connectivity index (χ2v) is 14.7. The molecule has 0 radical (unpaired) electrons. The van der Waals surface area contributed by atoms with Crippen molar-refractivity contribution >= 4 is 34.0 Å². The lowest BCUT2D eigenvalue weighted by molar-refractivity contribution is 0.563. The van der Waals surface area contributed by atoms with Gasteiger partial charge in [-0.1, -0.05) is 146 Å². The van der Waals surface area contributed by atoms with E-state index in [9.17, 15) is 0 Å². The molecular weight excluding hydrogens is 683 g/mol. The zero-order chi connectivity index (χ0) is 37.0. The van der Waals surface area contributed by atoms with Crippen LogP contribution >= 0.6 is 0 Å². The monoisotopic (exact) mass is 721 g/mol. The molecule has 5 nitrogen and oxygen atoms in total. The van der Waals surface area contributed by atoms with Crippen LogP contribution in [0.4, 0.5) is 17.1 Å². The molecule has 268 valence electrons. The van der Waals surface area contributed by atoms with Crippen molar-refractivity contribution in [1.29, 1.82) is 0 Å². The molecule has 5 heteroatoms. The van der Waals surface area contributed by atoms with Gasteiger partial charge in [-0.05, 0) is 77.0 Å². The number of hydrogen-bond donors (Lipinski definition) is 3. The van der Waals surface area contributed by atoms with E-state index in [1.54, 1.807) is 0 Å². The molecule has 0 bridgehead atoms. The summed E-state index contributed by atoms with van der Waals surface area (Å²) in [6, 6.07) is 58.5. The first-order valence-corrected chi connectivity index (χ1v) is 19.4. The third-order valence-corrected chi connectivity index (χ3v) is 11.5. The molecule has 0 saturated heterocycles. The Morgan fingerprint density at radius 2 is 1.12 bits per heavy atom. The highest BCUT2D eigenvalue weighted by molar-refractivity contribution is 5.98. The number of para-hydroxylation sites is 3. The molecule has 56 heavy (non-hydrogen) atoms. The molecule has 11 rings (SSSR count). The number of allylic oxidation sites excluding steroid dienone is 4. The van der Waals surface area contributed by atoms with Crippen molar-refractivity contribution in [3.05, 3.63) is 240 Å². The Morgan fingerprint density at radius 1 is 0.482 bits per heavy atom. The van der Waals surface area contributed by atoms with Crippen LogP contribution in [-0.2, 0) is 0 Å². The van der Waals surface area contributed by atoms with Gasteiger partial charge in [-0.15, -0.1) is 0 Å². The zero-order valence-electron chi connectivity index (χ0n) is 30.7. The largest absolute Gasteiger partial charge is 0.382 e. The smallest absolute Gasteiger partial charge is 0.0945 e. The number of hydrogen-bond acceptors (Lipinski definition) is 5. The first kappa shape index (κ1) is 32.2. The maximum absolute atomic E-state index is 4.13. The molecule has 5 aliphatic heterocycles. The number of fused-ring (bicyclic) bond motifs is 7. The van der Waals surface area contributed by atoms with Crippen molar-refractivity contribution in [2.45, 2.75) is 18.1 Å². The van der Waals surface area contributed by atoms with Gasteiger partial charge in [0.2, 0.25) is 0 Å². The molecule has 5 heterocycles. The van der Waals surface area contributed by atoms with Crippen LogP contribution in [-0.4, -0.2) is 12.1 Å². The average Bonchev–Trinajstić information content (AvgIpc) is 3.54. The minimum atomic E-state index is -0.0375. The molecule has 5 aliphatic rings. The summed E-state index contributed by atoms with van der Waals surface area (Å²) in [5, 5.41) is 11.7. The number of rotatable bonds is 5. The van der Waals surface area contributed by atoms with Crippen LogP contribution < -0.4 is 25.8 Å². The summed E-state index contributed by atoms with van der Waals surface area (Å²) in [5.74, 6) is 0. The molecule has 3 N–H and O–H groups in total. The van der Waals surface area contributed by atoms with Crippen LogP contribution in [0.2, 0.25) is 0 Å². The fourth-order valence-corrected chi connectivity index (χ4v) is 8.93. The van der Waals surface area contributed by atoms with Gasteiger partial charge in [0, 0.05) is 33.8 Å². The molecule has 6 aromatic carbocycles. The minimum absolute atomic E-state index is 0.00444. The topological polar surface area (TPSA) is 42.6 Å². The van der Waals surface area contributed by atoms with Gasteiger partial charge in [-0.25, -0.2) is 0 Å². The molecule has 0 spiro atoms. The van der Waals surface area contributed by atoms with Gasteiger partial charge in [0.15, 0.2) is 0 Å². The van der Waals surface area contributed by atoms with Crippen molar-refractivity contribution in [2.24, 2.45) is 0 Å². The lowest BCUT2D eigenvalue weighted by Crippen LogP contribution is -2.46. The van der Waals surface area contributed by atoms with E-state index in [0.29, 0.717) is 0 Å². The second-order valence-electron chi connectivity index (χ2n) is 14.7. The van der Waals surface area contributed by atoms with E-state index in [1.807, 2.05) is 0 Å². The first-order chi connectivity index (χ1) is 27.8. The van der Waals surface area contributed by atoms with Crippen LogP contribution in [0.5, 0.6) is 0 Å². The van der Waals surface area contributed by atoms with Gasteiger partial charge < -0.3 is 25.8 Å². The molecule has 3 atom stereocenters. The highest BCUT2D eigenvalue weighted by atomic mass is 15.3. The third-order valence-electron chi connectivity index (χ3n) is 11.5. The van der Waals surface area contributed by atoms with Crippen molar-refractivity contribution in [2.75, 3.05) is 9.80 Å². The normalized spacial score (nSPS) is 20.2. The summed E-state index contributed by atoms with van der Waals surface area (Å²) in [7, 11) is 0. The van der Waals surface area contributed by atoms with Gasteiger partial charge in [-0.3, -0.25) is 0 Å². The Labute approximate surface area is 327 Å². The maximum atomic E-state index is 4.13. The standard InChI is InChI=1S/C51H39N5/c1-4-16-34(17-5-1)36-30-43(35-18-6-2-7-19-35)53-45(31-36)44-32-38(28-29-52-44)56-47-27-15-13-25-42(47)51-49(56)33-48-50(54-51)41-24-11-10-22-39(41)40-23-12-14-26-46(40)55(48)37-20-8-3-9-21-37/h1-33,44-45,51-54H. The Morgan fingerprint density at radius 3 is 1.91 bits per heavy atom. The van der Waals surface area contributed by atoms with Gasteiger partial charge >= 0.3 is 0 Å². The number of dihydropyridines is 3. The van der Waals surface area contributed by atoms with Gasteiger partial charge in [0.05, 0.1) is 46.6 Å². The van der Waals surface area contributed by atoms with Crippen molar-refractivity contribution < 1.29 is 0 Å². The minimum Gasteiger partial charge on any atom is -0.382 e. The fraction of sp³-hybridized carbons (Fsp3) is 0.0588. The molecule has 0 aromatic heterocycles. The summed E-state index contributed by atoms with van der Waals surface area (Å²) >= 11 is 0.